The lowest BCUT2D eigenvalue weighted by Gasteiger charge is -2.22. The van der Waals surface area contributed by atoms with E-state index in [2.05, 4.69) is 10.6 Å². The molecule has 148 valence electrons. The molecule has 0 aliphatic carbocycles. The number of amides is 1. The average molecular weight is 407 g/mol. The zero-order valence-electron chi connectivity index (χ0n) is 15.1. The first-order chi connectivity index (χ1) is 12.0. The summed E-state index contributed by atoms with van der Waals surface area (Å²) < 4.78 is 35.1. The highest BCUT2D eigenvalue weighted by atomic mass is 35.5. The molecule has 7 nitrogen and oxygen atoms in total. The Hall–Kier alpha value is -1.51. The lowest BCUT2D eigenvalue weighted by Crippen LogP contribution is -2.38. The lowest BCUT2D eigenvalue weighted by atomic mass is 10.00. The van der Waals surface area contributed by atoms with Gasteiger partial charge >= 0.3 is 0 Å². The average Bonchev–Trinajstić information content (AvgIpc) is 2.65. The minimum atomic E-state index is -3.56. The number of halogens is 1. The first kappa shape index (κ1) is 22.5. The van der Waals surface area contributed by atoms with Crippen molar-refractivity contribution in [1.82, 2.24) is 10.6 Å². The van der Waals surface area contributed by atoms with Crippen molar-refractivity contribution in [3.05, 3.63) is 18.2 Å². The molecule has 1 fully saturated rings. The van der Waals surface area contributed by atoms with Crippen LogP contribution >= 0.6 is 12.4 Å². The quantitative estimate of drug-likeness (QED) is 0.677. The molecule has 2 rings (SSSR count). The molecule has 1 atom stereocenters. The molecule has 1 aromatic rings. The summed E-state index contributed by atoms with van der Waals surface area (Å²) >= 11 is 0. The number of sulfone groups is 1. The van der Waals surface area contributed by atoms with Crippen LogP contribution in [0.5, 0.6) is 11.5 Å². The fourth-order valence-corrected chi connectivity index (χ4v) is 4.05. The second kappa shape index (κ2) is 10.6. The van der Waals surface area contributed by atoms with Gasteiger partial charge in [-0.15, -0.1) is 12.4 Å². The third kappa shape index (κ3) is 6.34. The maximum absolute atomic E-state index is 12.4. The van der Waals surface area contributed by atoms with E-state index in [1.54, 1.807) is 6.07 Å². The van der Waals surface area contributed by atoms with E-state index in [-0.39, 0.29) is 35.4 Å². The normalized spacial score (nSPS) is 17.1. The van der Waals surface area contributed by atoms with Gasteiger partial charge in [0.15, 0.2) is 21.3 Å². The topological polar surface area (TPSA) is 93.7 Å². The van der Waals surface area contributed by atoms with Gasteiger partial charge in [-0.05, 0) is 44.0 Å². The van der Waals surface area contributed by atoms with E-state index in [1.165, 1.54) is 26.4 Å². The van der Waals surface area contributed by atoms with Gasteiger partial charge in [-0.2, -0.15) is 0 Å². The highest BCUT2D eigenvalue weighted by molar-refractivity contribution is 7.91. The second-order valence-corrected chi connectivity index (χ2v) is 8.21. The standard InChI is InChI=1S/C17H26N2O5S.ClH/c1-23-15-6-5-14(10-16(15)24-2)25(21,22)9-7-17(20)19-12-13-4-3-8-18-11-13;/h5-6,10,13,18H,3-4,7-9,11-12H2,1-2H3,(H,19,20);1H. The molecule has 1 heterocycles. The Morgan fingerprint density at radius 3 is 2.62 bits per heavy atom. The number of nitrogens with one attached hydrogen (secondary N) is 2. The summed E-state index contributed by atoms with van der Waals surface area (Å²) in [5.74, 6) is 0.741. The molecule has 0 spiro atoms. The van der Waals surface area contributed by atoms with E-state index in [0.29, 0.717) is 24.0 Å². The lowest BCUT2D eigenvalue weighted by molar-refractivity contribution is -0.120. The number of carbonyl (C=O) groups is 1. The Labute approximate surface area is 161 Å². The third-order valence-electron chi connectivity index (χ3n) is 4.30. The molecule has 0 aromatic heterocycles. The minimum Gasteiger partial charge on any atom is -0.493 e. The number of ether oxygens (including phenoxy) is 2. The predicted molar refractivity (Wildman–Crippen MR) is 102 cm³/mol. The van der Waals surface area contributed by atoms with Crippen molar-refractivity contribution in [1.29, 1.82) is 0 Å². The van der Waals surface area contributed by atoms with Gasteiger partial charge in [-0.3, -0.25) is 4.79 Å². The fourth-order valence-electron chi connectivity index (χ4n) is 2.80. The van der Waals surface area contributed by atoms with Crippen molar-refractivity contribution < 1.29 is 22.7 Å². The van der Waals surface area contributed by atoms with E-state index in [9.17, 15) is 13.2 Å². The highest BCUT2D eigenvalue weighted by Gasteiger charge is 2.20. The molecule has 1 amide bonds. The summed E-state index contributed by atoms with van der Waals surface area (Å²) in [7, 11) is -0.634. The van der Waals surface area contributed by atoms with Gasteiger partial charge in [0.1, 0.15) is 0 Å². The molecule has 1 aromatic carbocycles. The number of piperidine rings is 1. The Morgan fingerprint density at radius 2 is 2.00 bits per heavy atom. The monoisotopic (exact) mass is 406 g/mol. The first-order valence-electron chi connectivity index (χ1n) is 8.38. The summed E-state index contributed by atoms with van der Waals surface area (Å²) in [5, 5.41) is 6.12. The summed E-state index contributed by atoms with van der Waals surface area (Å²) in [6.07, 6.45) is 2.13. The van der Waals surface area contributed by atoms with Crippen LogP contribution in [0, 0.1) is 5.92 Å². The molecule has 1 aliphatic rings. The first-order valence-corrected chi connectivity index (χ1v) is 10.0. The second-order valence-electron chi connectivity index (χ2n) is 6.10. The van der Waals surface area contributed by atoms with Gasteiger partial charge in [-0.25, -0.2) is 8.42 Å². The predicted octanol–water partition coefficient (Wildman–Crippen LogP) is 1.41. The van der Waals surface area contributed by atoms with Crippen molar-refractivity contribution in [2.75, 3.05) is 39.6 Å². The molecule has 0 bridgehead atoms. The van der Waals surface area contributed by atoms with Crippen molar-refractivity contribution in [3.8, 4) is 11.5 Å². The van der Waals surface area contributed by atoms with E-state index in [0.717, 1.165) is 25.9 Å². The summed E-state index contributed by atoms with van der Waals surface area (Å²) in [6.45, 7) is 2.50. The van der Waals surface area contributed by atoms with Crippen molar-refractivity contribution >= 4 is 28.2 Å². The molecule has 1 saturated heterocycles. The smallest absolute Gasteiger partial charge is 0.221 e. The minimum absolute atomic E-state index is 0. The van der Waals surface area contributed by atoms with Crippen LogP contribution in [0.15, 0.2) is 23.1 Å². The summed E-state index contributed by atoms with van der Waals surface area (Å²) in [6, 6.07) is 4.42. The van der Waals surface area contributed by atoms with Crippen LogP contribution in [0.25, 0.3) is 0 Å². The van der Waals surface area contributed by atoms with Gasteiger partial charge in [0.05, 0.1) is 24.9 Å². The van der Waals surface area contributed by atoms with E-state index in [4.69, 9.17) is 9.47 Å². The van der Waals surface area contributed by atoms with Gasteiger partial charge in [0.2, 0.25) is 5.91 Å². The highest BCUT2D eigenvalue weighted by Crippen LogP contribution is 2.29. The van der Waals surface area contributed by atoms with Gasteiger partial charge in [0, 0.05) is 19.0 Å². The number of hydrogen-bond donors (Lipinski definition) is 2. The Bertz CT molecular complexity index is 690. The maximum Gasteiger partial charge on any atom is 0.221 e. The van der Waals surface area contributed by atoms with Crippen LogP contribution in [0.4, 0.5) is 0 Å². The van der Waals surface area contributed by atoms with Crippen molar-refractivity contribution in [3.63, 3.8) is 0 Å². The zero-order chi connectivity index (χ0) is 18.3. The van der Waals surface area contributed by atoms with Crippen molar-refractivity contribution in [2.45, 2.75) is 24.2 Å². The SMILES string of the molecule is COc1ccc(S(=O)(=O)CCC(=O)NCC2CCCNC2)cc1OC.Cl. The van der Waals surface area contributed by atoms with Gasteiger partial charge in [-0.1, -0.05) is 0 Å². The molecule has 1 aliphatic heterocycles. The number of hydrogen-bond acceptors (Lipinski definition) is 6. The van der Waals surface area contributed by atoms with Crippen LogP contribution < -0.4 is 20.1 Å². The number of methoxy groups -OCH3 is 2. The Morgan fingerprint density at radius 1 is 1.27 bits per heavy atom. The largest absolute Gasteiger partial charge is 0.493 e. The van der Waals surface area contributed by atoms with E-state index in [1.807, 2.05) is 0 Å². The van der Waals surface area contributed by atoms with Crippen LogP contribution in [-0.4, -0.2) is 53.9 Å². The van der Waals surface area contributed by atoms with E-state index < -0.39 is 9.84 Å². The van der Waals surface area contributed by atoms with E-state index >= 15 is 0 Å². The fraction of sp³-hybridized carbons (Fsp3) is 0.588. The van der Waals surface area contributed by atoms with Crippen LogP contribution in [0.1, 0.15) is 19.3 Å². The molecule has 0 radical (unpaired) electrons. The van der Waals surface area contributed by atoms with Gasteiger partial charge < -0.3 is 20.1 Å². The summed E-state index contributed by atoms with van der Waals surface area (Å²) in [4.78, 5) is 12.1. The Kier molecular flexibility index (Phi) is 9.18. The molecule has 26 heavy (non-hydrogen) atoms. The molecule has 2 N–H and O–H groups in total. The number of rotatable bonds is 8. The Balaban J connectivity index is 0.00000338. The van der Waals surface area contributed by atoms with Crippen LogP contribution in [0.2, 0.25) is 0 Å². The number of benzene rings is 1. The van der Waals surface area contributed by atoms with Crippen LogP contribution in [0.3, 0.4) is 0 Å². The number of carbonyl (C=O) groups excluding carboxylic acids is 1. The van der Waals surface area contributed by atoms with Crippen LogP contribution in [-0.2, 0) is 14.6 Å². The van der Waals surface area contributed by atoms with Crippen molar-refractivity contribution in [2.24, 2.45) is 5.92 Å². The molecule has 9 heteroatoms. The maximum atomic E-state index is 12.4. The van der Waals surface area contributed by atoms with Gasteiger partial charge in [0.25, 0.3) is 0 Å². The molecule has 1 unspecified atom stereocenters. The summed E-state index contributed by atoms with van der Waals surface area (Å²) in [5.41, 5.74) is 0. The molecular formula is C17H27ClN2O5S. The molecule has 0 saturated carbocycles. The third-order valence-corrected chi connectivity index (χ3v) is 6.01. The zero-order valence-corrected chi connectivity index (χ0v) is 16.7. The molecular weight excluding hydrogens is 380 g/mol.